The zero-order valence-electron chi connectivity index (χ0n) is 23.9. The molecule has 1 saturated heterocycles. The Kier molecular flexibility index (Phi) is 7.39. The molecule has 2 aliphatic rings. The van der Waals surface area contributed by atoms with Gasteiger partial charge in [-0.25, -0.2) is 19.7 Å². The van der Waals surface area contributed by atoms with Gasteiger partial charge in [-0.1, -0.05) is 42.1 Å². The average Bonchev–Trinajstić information content (AvgIpc) is 3.27. The Morgan fingerprint density at radius 1 is 1.16 bits per heavy atom. The van der Waals surface area contributed by atoms with E-state index in [4.69, 9.17) is 4.98 Å². The molecule has 232 valence electrons. The normalized spacial score (nSPS) is 21.1. The van der Waals surface area contributed by atoms with Gasteiger partial charge in [0, 0.05) is 53.8 Å². The number of piperidine rings is 1. The lowest BCUT2D eigenvalue weighted by atomic mass is 10.0. The van der Waals surface area contributed by atoms with Gasteiger partial charge in [0.1, 0.15) is 10.0 Å². The van der Waals surface area contributed by atoms with Gasteiger partial charge >= 0.3 is 12.3 Å². The summed E-state index contributed by atoms with van der Waals surface area (Å²) in [5.74, 6) is 0.988. The van der Waals surface area contributed by atoms with Crippen LogP contribution in [0.3, 0.4) is 0 Å². The maximum atomic E-state index is 13.5. The first-order valence-electron chi connectivity index (χ1n) is 14.2. The highest BCUT2D eigenvalue weighted by Gasteiger charge is 2.69. The molecule has 4 aromatic heterocycles. The minimum absolute atomic E-state index is 0.0642. The molecule has 0 spiro atoms. The summed E-state index contributed by atoms with van der Waals surface area (Å²) in [6.07, 6.45) is -2.22. The van der Waals surface area contributed by atoms with Crippen molar-refractivity contribution >= 4 is 46.4 Å². The van der Waals surface area contributed by atoms with Crippen LogP contribution in [-0.4, -0.2) is 65.6 Å². The second-order valence-electron chi connectivity index (χ2n) is 11.3. The second-order valence-corrected chi connectivity index (χ2v) is 13.2. The lowest BCUT2D eigenvalue weighted by molar-refractivity contribution is -0.143. The summed E-state index contributed by atoms with van der Waals surface area (Å²) in [5.41, 5.74) is 1.18. The van der Waals surface area contributed by atoms with E-state index in [9.17, 15) is 23.1 Å². The summed E-state index contributed by atoms with van der Waals surface area (Å²) >= 11 is 2.42. The van der Waals surface area contributed by atoms with E-state index in [1.165, 1.54) is 23.2 Å². The number of hydrogen-bond donors (Lipinski definition) is 2. The SMILES string of the molecule is Cc1csc(C2(CN(Cc3ccccc3)C(=O)O)C3CCN(c4nc5ncc(Sc6cccnc6C(F)(F)F)nc5[nH]4)CC32)n1. The molecule has 1 aliphatic heterocycles. The Labute approximate surface area is 263 Å². The molecule has 1 amide bonds. The number of halogens is 3. The van der Waals surface area contributed by atoms with E-state index in [0.717, 1.165) is 40.6 Å². The summed E-state index contributed by atoms with van der Waals surface area (Å²) in [6.45, 7) is 3.89. The molecule has 2 fully saturated rings. The number of nitrogens with one attached hydrogen (secondary N) is 1. The minimum Gasteiger partial charge on any atom is -0.465 e. The molecule has 5 heterocycles. The first kappa shape index (κ1) is 29.5. The number of carbonyl (C=O) groups is 1. The molecule has 2 N–H and O–H groups in total. The van der Waals surface area contributed by atoms with Gasteiger partial charge in [0.05, 0.1) is 6.20 Å². The van der Waals surface area contributed by atoms with Crippen LogP contribution in [0, 0.1) is 18.8 Å². The minimum atomic E-state index is -4.59. The van der Waals surface area contributed by atoms with Gasteiger partial charge < -0.3 is 19.9 Å². The third kappa shape index (κ3) is 5.58. The number of imidazole rings is 1. The highest BCUT2D eigenvalue weighted by Crippen LogP contribution is 2.64. The van der Waals surface area contributed by atoms with Crippen molar-refractivity contribution < 1.29 is 23.1 Å². The summed E-state index contributed by atoms with van der Waals surface area (Å²) in [7, 11) is 0. The lowest BCUT2D eigenvalue weighted by Gasteiger charge is -2.26. The Bertz CT molecular complexity index is 1870. The van der Waals surface area contributed by atoms with Gasteiger partial charge in [0.15, 0.2) is 17.0 Å². The van der Waals surface area contributed by atoms with E-state index in [1.54, 1.807) is 11.3 Å². The number of hydrogen-bond acceptors (Lipinski definition) is 9. The zero-order chi connectivity index (χ0) is 31.3. The van der Waals surface area contributed by atoms with Crippen molar-refractivity contribution in [1.29, 1.82) is 0 Å². The number of amides is 1. The highest BCUT2D eigenvalue weighted by atomic mass is 32.2. The summed E-state index contributed by atoms with van der Waals surface area (Å²) in [4.78, 5) is 41.1. The molecule has 0 radical (unpaired) electrons. The van der Waals surface area contributed by atoms with Crippen LogP contribution in [0.1, 0.15) is 28.4 Å². The van der Waals surface area contributed by atoms with Crippen LogP contribution >= 0.6 is 23.1 Å². The number of H-pyrrole nitrogens is 1. The Hall–Kier alpha value is -4.24. The number of aromatic nitrogens is 6. The number of pyridine rings is 1. The molecular formula is C30H27F3N8O2S2. The van der Waals surface area contributed by atoms with Crippen LogP contribution in [0.5, 0.6) is 0 Å². The largest absolute Gasteiger partial charge is 0.465 e. The van der Waals surface area contributed by atoms with Crippen LogP contribution in [0.15, 0.2) is 70.2 Å². The molecule has 7 rings (SSSR count). The number of aryl methyl sites for hydroxylation is 1. The number of nitrogens with zero attached hydrogens (tertiary/aromatic N) is 7. The monoisotopic (exact) mass is 652 g/mol. The quantitative estimate of drug-likeness (QED) is 0.200. The van der Waals surface area contributed by atoms with Crippen molar-refractivity contribution in [2.45, 2.75) is 41.4 Å². The van der Waals surface area contributed by atoms with Crippen molar-refractivity contribution in [2.24, 2.45) is 11.8 Å². The number of rotatable bonds is 8. The molecule has 1 aromatic carbocycles. The third-order valence-corrected chi connectivity index (χ3v) is 10.6. The number of fused-ring (bicyclic) bond motifs is 2. The van der Waals surface area contributed by atoms with Crippen molar-refractivity contribution in [1.82, 2.24) is 34.8 Å². The van der Waals surface area contributed by atoms with Gasteiger partial charge in [-0.05, 0) is 42.9 Å². The van der Waals surface area contributed by atoms with Crippen LogP contribution in [0.2, 0.25) is 0 Å². The maximum Gasteiger partial charge on any atom is 0.434 e. The second kappa shape index (κ2) is 11.3. The van der Waals surface area contributed by atoms with Gasteiger partial charge in [0.25, 0.3) is 0 Å². The fraction of sp³-hybridized carbons (Fsp3) is 0.333. The molecule has 45 heavy (non-hydrogen) atoms. The van der Waals surface area contributed by atoms with E-state index in [1.807, 2.05) is 42.6 Å². The highest BCUT2D eigenvalue weighted by molar-refractivity contribution is 7.99. The first-order chi connectivity index (χ1) is 21.6. The topological polar surface area (TPSA) is 124 Å². The molecular weight excluding hydrogens is 626 g/mol. The van der Waals surface area contributed by atoms with Crippen molar-refractivity contribution in [2.75, 3.05) is 24.5 Å². The van der Waals surface area contributed by atoms with Crippen LogP contribution in [0.25, 0.3) is 11.3 Å². The number of thiazole rings is 1. The zero-order valence-corrected chi connectivity index (χ0v) is 25.5. The van der Waals surface area contributed by atoms with E-state index in [-0.39, 0.29) is 28.3 Å². The number of alkyl halides is 3. The Balaban J connectivity index is 1.13. The number of anilines is 1. The molecule has 1 aliphatic carbocycles. The molecule has 0 bridgehead atoms. The first-order valence-corrected chi connectivity index (χ1v) is 15.9. The van der Waals surface area contributed by atoms with E-state index in [2.05, 4.69) is 29.8 Å². The van der Waals surface area contributed by atoms with Gasteiger partial charge in [-0.2, -0.15) is 18.2 Å². The predicted octanol–water partition coefficient (Wildman–Crippen LogP) is 6.26. The van der Waals surface area contributed by atoms with Gasteiger partial charge in [-0.15, -0.1) is 11.3 Å². The van der Waals surface area contributed by atoms with Gasteiger partial charge in [-0.3, -0.25) is 4.98 Å². The molecule has 1 saturated carbocycles. The number of benzene rings is 1. The van der Waals surface area contributed by atoms with Crippen LogP contribution < -0.4 is 4.90 Å². The fourth-order valence-electron chi connectivity index (χ4n) is 6.43. The molecule has 5 aromatic rings. The van der Waals surface area contributed by atoms with E-state index >= 15 is 0 Å². The third-order valence-electron chi connectivity index (χ3n) is 8.51. The number of carboxylic acid groups (broad SMARTS) is 1. The van der Waals surface area contributed by atoms with Crippen LogP contribution in [-0.2, 0) is 18.1 Å². The Morgan fingerprint density at radius 2 is 1.98 bits per heavy atom. The summed E-state index contributed by atoms with van der Waals surface area (Å²) in [5, 5.41) is 13.4. The molecule has 10 nitrogen and oxygen atoms in total. The van der Waals surface area contributed by atoms with E-state index < -0.39 is 23.4 Å². The van der Waals surface area contributed by atoms with E-state index in [0.29, 0.717) is 36.9 Å². The lowest BCUT2D eigenvalue weighted by Crippen LogP contribution is -2.38. The van der Waals surface area contributed by atoms with Crippen molar-refractivity contribution in [3.05, 3.63) is 82.2 Å². The predicted molar refractivity (Wildman–Crippen MR) is 162 cm³/mol. The van der Waals surface area contributed by atoms with Crippen molar-refractivity contribution in [3.63, 3.8) is 0 Å². The summed E-state index contributed by atoms with van der Waals surface area (Å²) < 4.78 is 40.4. The van der Waals surface area contributed by atoms with Crippen molar-refractivity contribution in [3.8, 4) is 0 Å². The molecule has 15 heteroatoms. The maximum absolute atomic E-state index is 13.5. The fourth-order valence-corrected chi connectivity index (χ4v) is 8.43. The standard InChI is InChI=1S/C30H27F3N8O2S2/c1-17-15-44-26(36-17)29(16-41(28(42)43)13-18-6-3-2-4-7-18)19-9-11-40(14-20(19)29)27-38-24-25(39-27)37-22(12-35-24)45-21-8-5-10-34-23(21)30(31,32)33/h2-8,10,12,15,19-20H,9,11,13-14,16H2,1H3,(H,42,43)(H,35,37,38,39). The molecule has 3 unspecified atom stereocenters. The van der Waals surface area contributed by atoms with Gasteiger partial charge in [0.2, 0.25) is 5.95 Å². The summed E-state index contributed by atoms with van der Waals surface area (Å²) in [6, 6.07) is 12.4. The smallest absolute Gasteiger partial charge is 0.434 e. The van der Waals surface area contributed by atoms with Crippen LogP contribution in [0.4, 0.5) is 23.9 Å². The number of aromatic amines is 1. The molecule has 3 atom stereocenters. The Morgan fingerprint density at radius 3 is 2.71 bits per heavy atom. The average molecular weight is 653 g/mol.